The van der Waals surface area contributed by atoms with Crippen molar-refractivity contribution in [2.45, 2.75) is 12.3 Å². The number of rotatable bonds is 4. The number of carboxylic acid groups (broad SMARTS) is 1. The quantitative estimate of drug-likeness (QED) is 0.943. The Labute approximate surface area is 110 Å². The Morgan fingerprint density at radius 3 is 2.82 bits per heavy atom. The number of hydrogen-bond donors (Lipinski definition) is 1. The van der Waals surface area contributed by atoms with Gasteiger partial charge in [-0.3, -0.25) is 4.79 Å². The minimum Gasteiger partial charge on any atom is -0.481 e. The molecule has 0 saturated heterocycles. The summed E-state index contributed by atoms with van der Waals surface area (Å²) in [6.45, 7) is 0. The lowest BCUT2D eigenvalue weighted by Gasteiger charge is -2.11. The van der Waals surface area contributed by atoms with Gasteiger partial charge in [0.25, 0.3) is 0 Å². The van der Waals surface area contributed by atoms with Crippen LogP contribution >= 0.6 is 27.3 Å². The summed E-state index contributed by atoms with van der Waals surface area (Å²) in [5.74, 6) is -1.05. The van der Waals surface area contributed by atoms with Crippen molar-refractivity contribution in [3.63, 3.8) is 0 Å². The summed E-state index contributed by atoms with van der Waals surface area (Å²) in [6.07, 6.45) is 3.09. The van der Waals surface area contributed by atoms with Gasteiger partial charge in [0.1, 0.15) is 6.33 Å². The van der Waals surface area contributed by atoms with E-state index in [1.54, 1.807) is 12.3 Å². The van der Waals surface area contributed by atoms with Gasteiger partial charge < -0.3 is 5.11 Å². The molecule has 2 rings (SSSR count). The van der Waals surface area contributed by atoms with Crippen LogP contribution in [0.25, 0.3) is 0 Å². The summed E-state index contributed by atoms with van der Waals surface area (Å²) >= 11 is 4.90. The van der Waals surface area contributed by atoms with Gasteiger partial charge in [0.05, 0.1) is 15.9 Å². The third kappa shape index (κ3) is 3.10. The van der Waals surface area contributed by atoms with Gasteiger partial charge in [-0.05, 0) is 34.1 Å². The molecule has 0 aromatic carbocycles. The summed E-state index contributed by atoms with van der Waals surface area (Å²) < 4.78 is 0.983. The molecule has 6 heteroatoms. The van der Waals surface area contributed by atoms with Gasteiger partial charge in [0.15, 0.2) is 0 Å². The molecule has 1 atom stereocenters. The standard InChI is InChI=1S/C11H9BrN2O2S/c12-10-2-1-9(17-10)7(5-11(15)16)8-3-4-13-6-14-8/h1-4,6-7H,5H2,(H,15,16). The molecule has 0 amide bonds. The Hall–Kier alpha value is -1.27. The second-order valence-electron chi connectivity index (χ2n) is 3.43. The number of aromatic nitrogens is 2. The Kier molecular flexibility index (Phi) is 3.86. The molecule has 0 aliphatic carbocycles. The average Bonchev–Trinajstić information content (AvgIpc) is 2.73. The van der Waals surface area contributed by atoms with Gasteiger partial charge in [-0.1, -0.05) is 0 Å². The minimum absolute atomic E-state index is 0.0317. The van der Waals surface area contributed by atoms with E-state index >= 15 is 0 Å². The fourth-order valence-electron chi connectivity index (χ4n) is 1.55. The summed E-state index contributed by atoms with van der Waals surface area (Å²) in [7, 11) is 0. The number of halogens is 1. The molecular weight excluding hydrogens is 304 g/mol. The van der Waals surface area contributed by atoms with E-state index in [9.17, 15) is 4.79 Å². The monoisotopic (exact) mass is 312 g/mol. The molecule has 0 saturated carbocycles. The van der Waals surface area contributed by atoms with Crippen LogP contribution in [0.5, 0.6) is 0 Å². The molecule has 4 nitrogen and oxygen atoms in total. The smallest absolute Gasteiger partial charge is 0.304 e. The predicted octanol–water partition coefficient (Wildman–Crippen LogP) is 2.91. The van der Waals surface area contributed by atoms with E-state index in [1.807, 2.05) is 12.1 Å². The summed E-state index contributed by atoms with van der Waals surface area (Å²) in [6, 6.07) is 5.59. The molecule has 1 N–H and O–H groups in total. The second-order valence-corrected chi connectivity index (χ2v) is 5.92. The first kappa shape index (κ1) is 12.2. The van der Waals surface area contributed by atoms with Crippen molar-refractivity contribution >= 4 is 33.2 Å². The van der Waals surface area contributed by atoms with Crippen LogP contribution in [0.1, 0.15) is 22.9 Å². The van der Waals surface area contributed by atoms with Gasteiger partial charge in [0.2, 0.25) is 0 Å². The first-order valence-corrected chi connectivity index (χ1v) is 6.50. The SMILES string of the molecule is O=C(O)CC(c1ccncn1)c1ccc(Br)s1. The van der Waals surface area contributed by atoms with Crippen LogP contribution in [0, 0.1) is 0 Å². The van der Waals surface area contributed by atoms with Gasteiger partial charge in [-0.25, -0.2) is 9.97 Å². The number of carboxylic acids is 1. The fourth-order valence-corrected chi connectivity index (χ4v) is 3.08. The van der Waals surface area contributed by atoms with Crippen molar-refractivity contribution in [2.75, 3.05) is 0 Å². The van der Waals surface area contributed by atoms with Crippen molar-refractivity contribution in [2.24, 2.45) is 0 Å². The van der Waals surface area contributed by atoms with E-state index < -0.39 is 5.97 Å². The first-order chi connectivity index (χ1) is 8.16. The lowest BCUT2D eigenvalue weighted by molar-refractivity contribution is -0.137. The van der Waals surface area contributed by atoms with Crippen LogP contribution in [0.3, 0.4) is 0 Å². The number of aliphatic carboxylic acids is 1. The third-order valence-corrected chi connectivity index (χ3v) is 4.02. The van der Waals surface area contributed by atoms with Gasteiger partial charge in [-0.2, -0.15) is 0 Å². The van der Waals surface area contributed by atoms with E-state index in [4.69, 9.17) is 5.11 Å². The summed E-state index contributed by atoms with van der Waals surface area (Å²) in [5, 5.41) is 8.96. The van der Waals surface area contributed by atoms with Crippen molar-refractivity contribution in [1.82, 2.24) is 9.97 Å². The van der Waals surface area contributed by atoms with E-state index in [2.05, 4.69) is 25.9 Å². The highest BCUT2D eigenvalue weighted by Crippen LogP contribution is 2.33. The third-order valence-electron chi connectivity index (χ3n) is 2.28. The average molecular weight is 313 g/mol. The number of hydrogen-bond acceptors (Lipinski definition) is 4. The van der Waals surface area contributed by atoms with Crippen LogP contribution < -0.4 is 0 Å². The lowest BCUT2D eigenvalue weighted by atomic mass is 9.99. The molecule has 0 fully saturated rings. The van der Waals surface area contributed by atoms with Crippen molar-refractivity contribution in [1.29, 1.82) is 0 Å². The molecule has 2 aromatic rings. The van der Waals surface area contributed by atoms with Gasteiger partial charge >= 0.3 is 5.97 Å². The van der Waals surface area contributed by atoms with Crippen LogP contribution in [0.4, 0.5) is 0 Å². The van der Waals surface area contributed by atoms with E-state index in [0.29, 0.717) is 0 Å². The Balaban J connectivity index is 2.35. The highest BCUT2D eigenvalue weighted by Gasteiger charge is 2.20. The zero-order valence-electron chi connectivity index (χ0n) is 8.71. The molecule has 0 aliphatic heterocycles. The van der Waals surface area contributed by atoms with Crippen molar-refractivity contribution < 1.29 is 9.90 Å². The number of carbonyl (C=O) groups is 1. The largest absolute Gasteiger partial charge is 0.481 e. The normalized spacial score (nSPS) is 12.3. The molecule has 0 bridgehead atoms. The Bertz CT molecular complexity index is 515. The van der Waals surface area contributed by atoms with Crippen molar-refractivity contribution in [3.8, 4) is 0 Å². The molecule has 0 spiro atoms. The van der Waals surface area contributed by atoms with E-state index in [-0.39, 0.29) is 12.3 Å². The Morgan fingerprint density at radius 1 is 1.47 bits per heavy atom. The van der Waals surface area contributed by atoms with Crippen molar-refractivity contribution in [3.05, 3.63) is 45.1 Å². The van der Waals surface area contributed by atoms with Gasteiger partial charge in [-0.15, -0.1) is 11.3 Å². The molecule has 17 heavy (non-hydrogen) atoms. The molecule has 2 heterocycles. The maximum atomic E-state index is 10.9. The highest BCUT2D eigenvalue weighted by molar-refractivity contribution is 9.11. The number of nitrogens with zero attached hydrogens (tertiary/aromatic N) is 2. The van der Waals surface area contributed by atoms with E-state index in [1.165, 1.54) is 17.7 Å². The van der Waals surface area contributed by atoms with Crippen LogP contribution in [0.15, 0.2) is 34.5 Å². The molecule has 0 aliphatic rings. The topological polar surface area (TPSA) is 63.1 Å². The molecular formula is C11H9BrN2O2S. The van der Waals surface area contributed by atoms with Crippen LogP contribution in [-0.2, 0) is 4.79 Å². The van der Waals surface area contributed by atoms with E-state index in [0.717, 1.165) is 14.4 Å². The maximum Gasteiger partial charge on any atom is 0.304 e. The molecule has 88 valence electrons. The predicted molar refractivity (Wildman–Crippen MR) is 68.1 cm³/mol. The molecule has 2 aromatic heterocycles. The van der Waals surface area contributed by atoms with Crippen LogP contribution in [-0.4, -0.2) is 21.0 Å². The van der Waals surface area contributed by atoms with Gasteiger partial charge in [0, 0.05) is 17.0 Å². The summed E-state index contributed by atoms with van der Waals surface area (Å²) in [4.78, 5) is 19.9. The zero-order chi connectivity index (χ0) is 12.3. The maximum absolute atomic E-state index is 10.9. The first-order valence-electron chi connectivity index (χ1n) is 4.90. The lowest BCUT2D eigenvalue weighted by Crippen LogP contribution is -2.08. The fraction of sp³-hybridized carbons (Fsp3) is 0.182. The Morgan fingerprint density at radius 2 is 2.29 bits per heavy atom. The number of thiophene rings is 1. The molecule has 0 radical (unpaired) electrons. The second kappa shape index (κ2) is 5.37. The minimum atomic E-state index is -0.835. The zero-order valence-corrected chi connectivity index (χ0v) is 11.1. The highest BCUT2D eigenvalue weighted by atomic mass is 79.9. The van der Waals surface area contributed by atoms with Crippen LogP contribution in [0.2, 0.25) is 0 Å². The summed E-state index contributed by atoms with van der Waals surface area (Å²) in [5.41, 5.74) is 0.733. The molecule has 1 unspecified atom stereocenters.